The van der Waals surface area contributed by atoms with Gasteiger partial charge in [0, 0.05) is 24.4 Å². The molecule has 164 valence electrons. The minimum atomic E-state index is -0.0463. The smallest absolute Gasteiger partial charge is 0.230 e. The molecule has 2 saturated heterocycles. The van der Waals surface area contributed by atoms with Crippen LogP contribution < -0.4 is 14.5 Å². The average molecular weight is 423 g/mol. The summed E-state index contributed by atoms with van der Waals surface area (Å²) < 4.78 is 5.20. The predicted molar refractivity (Wildman–Crippen MR) is 121 cm³/mol. The van der Waals surface area contributed by atoms with Crippen LogP contribution in [-0.4, -0.2) is 63.1 Å². The molecule has 2 fully saturated rings. The number of anilines is 1. The number of ether oxygens (including phenoxy) is 1. The summed E-state index contributed by atoms with van der Waals surface area (Å²) in [6, 6.07) is 16.2. The van der Waals surface area contributed by atoms with Crippen LogP contribution in [0.1, 0.15) is 29.9 Å². The number of carbonyl (C=O) groups excluding carboxylic acids is 2. The zero-order valence-corrected chi connectivity index (χ0v) is 18.5. The second-order valence-electron chi connectivity index (χ2n) is 8.59. The number of hydrogen-bond donors (Lipinski definition) is 1. The number of benzene rings is 2. The van der Waals surface area contributed by atoms with Gasteiger partial charge in [-0.05, 0) is 36.2 Å². The highest BCUT2D eigenvalue weighted by molar-refractivity contribution is 5.98. The highest BCUT2D eigenvalue weighted by Gasteiger charge is 2.34. The Labute approximate surface area is 184 Å². The number of likely N-dealkylation sites (tertiary alicyclic amines) is 1. The molecule has 2 heterocycles. The zero-order chi connectivity index (χ0) is 21.8. The summed E-state index contributed by atoms with van der Waals surface area (Å²) in [5.74, 6) is 0.654. The Morgan fingerprint density at radius 1 is 0.968 bits per heavy atom. The van der Waals surface area contributed by atoms with Gasteiger partial charge in [-0.3, -0.25) is 14.5 Å². The van der Waals surface area contributed by atoms with E-state index in [-0.39, 0.29) is 17.7 Å². The molecule has 6 heteroatoms. The Balaban J connectivity index is 1.27. The number of rotatable bonds is 6. The lowest BCUT2D eigenvalue weighted by atomic mass is 9.88. The lowest BCUT2D eigenvalue weighted by Crippen LogP contribution is -3.15. The van der Waals surface area contributed by atoms with E-state index >= 15 is 0 Å². The first-order valence-corrected chi connectivity index (χ1v) is 11.2. The fourth-order valence-corrected chi connectivity index (χ4v) is 4.72. The molecule has 31 heavy (non-hydrogen) atoms. The van der Waals surface area contributed by atoms with Crippen LogP contribution in [0.2, 0.25) is 0 Å². The first kappa shape index (κ1) is 21.4. The molecule has 4 rings (SSSR count). The Bertz CT molecular complexity index is 902. The summed E-state index contributed by atoms with van der Waals surface area (Å²) in [5, 5.41) is 0. The van der Waals surface area contributed by atoms with E-state index in [0.29, 0.717) is 19.4 Å². The minimum Gasteiger partial charge on any atom is -0.497 e. The summed E-state index contributed by atoms with van der Waals surface area (Å²) in [7, 11) is 1.63. The highest BCUT2D eigenvalue weighted by atomic mass is 16.5. The molecule has 2 aromatic carbocycles. The van der Waals surface area contributed by atoms with E-state index in [0.717, 1.165) is 44.0 Å². The van der Waals surface area contributed by atoms with Crippen molar-refractivity contribution in [2.24, 2.45) is 0 Å². The average Bonchev–Trinajstić information content (AvgIpc) is 2.79. The number of quaternary nitrogens is 1. The SMILES string of the molecule is COc1ccc(C2CC(=O)N(CC[NH+]3CCN(c4ccccc4C)CC3)C(=O)C2)cc1. The zero-order valence-electron chi connectivity index (χ0n) is 18.5. The predicted octanol–water partition coefficient (Wildman–Crippen LogP) is 1.64. The molecule has 2 aliphatic rings. The number of piperazine rings is 1. The second kappa shape index (κ2) is 9.52. The third-order valence-electron chi connectivity index (χ3n) is 6.65. The van der Waals surface area contributed by atoms with Crippen LogP contribution in [0.25, 0.3) is 0 Å². The topological polar surface area (TPSA) is 54.3 Å². The molecule has 0 atom stereocenters. The molecule has 2 aromatic rings. The largest absolute Gasteiger partial charge is 0.497 e. The first-order chi connectivity index (χ1) is 15.0. The van der Waals surface area contributed by atoms with Crippen molar-refractivity contribution in [2.75, 3.05) is 51.3 Å². The Hall–Kier alpha value is -2.86. The van der Waals surface area contributed by atoms with E-state index in [1.807, 2.05) is 24.3 Å². The van der Waals surface area contributed by atoms with Gasteiger partial charge in [-0.15, -0.1) is 0 Å². The van der Waals surface area contributed by atoms with Gasteiger partial charge in [-0.2, -0.15) is 0 Å². The van der Waals surface area contributed by atoms with E-state index in [2.05, 4.69) is 36.1 Å². The van der Waals surface area contributed by atoms with Crippen molar-refractivity contribution < 1.29 is 19.2 Å². The lowest BCUT2D eigenvalue weighted by molar-refractivity contribution is -0.899. The number of methoxy groups -OCH3 is 1. The number of para-hydroxylation sites is 1. The fourth-order valence-electron chi connectivity index (χ4n) is 4.72. The maximum absolute atomic E-state index is 12.7. The van der Waals surface area contributed by atoms with Gasteiger partial charge in [0.15, 0.2) is 0 Å². The van der Waals surface area contributed by atoms with E-state index in [9.17, 15) is 9.59 Å². The van der Waals surface area contributed by atoms with Crippen molar-refractivity contribution in [3.05, 3.63) is 59.7 Å². The van der Waals surface area contributed by atoms with E-state index < -0.39 is 0 Å². The van der Waals surface area contributed by atoms with Gasteiger partial charge < -0.3 is 14.5 Å². The van der Waals surface area contributed by atoms with Crippen LogP contribution in [0.15, 0.2) is 48.5 Å². The second-order valence-corrected chi connectivity index (χ2v) is 8.59. The Kier molecular flexibility index (Phi) is 6.56. The number of nitrogens with zero attached hydrogens (tertiary/aromatic N) is 2. The van der Waals surface area contributed by atoms with Crippen LogP contribution >= 0.6 is 0 Å². The molecule has 0 unspecified atom stereocenters. The van der Waals surface area contributed by atoms with Crippen molar-refractivity contribution in [2.45, 2.75) is 25.7 Å². The normalized spacial score (nSPS) is 18.5. The molecule has 0 bridgehead atoms. The maximum atomic E-state index is 12.7. The summed E-state index contributed by atoms with van der Waals surface area (Å²) in [6.07, 6.45) is 0.795. The molecule has 0 aliphatic carbocycles. The van der Waals surface area contributed by atoms with Crippen molar-refractivity contribution in [3.8, 4) is 5.75 Å². The van der Waals surface area contributed by atoms with Crippen LogP contribution in [0.5, 0.6) is 5.75 Å². The molecule has 0 aromatic heterocycles. The molecular formula is C25H32N3O3+. The van der Waals surface area contributed by atoms with Crippen LogP contribution in [0, 0.1) is 6.92 Å². The van der Waals surface area contributed by atoms with Gasteiger partial charge in [0.05, 0.1) is 46.4 Å². The monoisotopic (exact) mass is 422 g/mol. The molecule has 6 nitrogen and oxygen atoms in total. The molecule has 1 N–H and O–H groups in total. The van der Waals surface area contributed by atoms with Crippen molar-refractivity contribution in [3.63, 3.8) is 0 Å². The molecule has 0 saturated carbocycles. The Morgan fingerprint density at radius 3 is 2.23 bits per heavy atom. The van der Waals surface area contributed by atoms with Crippen molar-refractivity contribution in [1.29, 1.82) is 0 Å². The van der Waals surface area contributed by atoms with Crippen LogP contribution in [0.4, 0.5) is 5.69 Å². The number of nitrogens with one attached hydrogen (secondary N) is 1. The lowest BCUT2D eigenvalue weighted by Gasteiger charge is -2.36. The number of hydrogen-bond acceptors (Lipinski definition) is 4. The number of piperidine rings is 1. The standard InChI is InChI=1S/C25H31N3O3/c1-19-5-3-4-6-23(19)27-14-11-26(12-15-27)13-16-28-24(29)17-21(18-25(28)30)20-7-9-22(31-2)10-8-20/h3-10,21H,11-18H2,1-2H3/p+1. The summed E-state index contributed by atoms with van der Waals surface area (Å²) in [5.41, 5.74) is 3.65. The number of aryl methyl sites for hydroxylation is 1. The molecule has 0 spiro atoms. The fraction of sp³-hybridized carbons (Fsp3) is 0.440. The van der Waals surface area contributed by atoms with Gasteiger partial charge in [0.2, 0.25) is 11.8 Å². The van der Waals surface area contributed by atoms with Crippen molar-refractivity contribution in [1.82, 2.24) is 4.90 Å². The van der Waals surface area contributed by atoms with Gasteiger partial charge in [0.25, 0.3) is 0 Å². The molecule has 0 radical (unpaired) electrons. The van der Waals surface area contributed by atoms with Gasteiger partial charge >= 0.3 is 0 Å². The molecule has 2 aliphatic heterocycles. The highest BCUT2D eigenvalue weighted by Crippen LogP contribution is 2.30. The van der Waals surface area contributed by atoms with Crippen LogP contribution in [0.3, 0.4) is 0 Å². The summed E-state index contributed by atoms with van der Waals surface area (Å²) in [6.45, 7) is 7.56. The van der Waals surface area contributed by atoms with Gasteiger partial charge in [0.1, 0.15) is 5.75 Å². The number of amides is 2. The third-order valence-corrected chi connectivity index (χ3v) is 6.65. The summed E-state index contributed by atoms with van der Waals surface area (Å²) in [4.78, 5) is 30.8. The minimum absolute atomic E-state index is 0.0350. The van der Waals surface area contributed by atoms with Gasteiger partial charge in [-0.25, -0.2) is 0 Å². The van der Waals surface area contributed by atoms with Crippen molar-refractivity contribution >= 4 is 17.5 Å². The number of imide groups is 1. The quantitative estimate of drug-likeness (QED) is 0.720. The maximum Gasteiger partial charge on any atom is 0.230 e. The number of carbonyl (C=O) groups is 2. The first-order valence-electron chi connectivity index (χ1n) is 11.2. The van der Waals surface area contributed by atoms with E-state index in [1.165, 1.54) is 21.1 Å². The summed E-state index contributed by atoms with van der Waals surface area (Å²) >= 11 is 0. The van der Waals surface area contributed by atoms with Gasteiger partial charge in [-0.1, -0.05) is 30.3 Å². The molecular weight excluding hydrogens is 390 g/mol. The Morgan fingerprint density at radius 2 is 1.61 bits per heavy atom. The third kappa shape index (κ3) is 4.90. The van der Waals surface area contributed by atoms with E-state index in [4.69, 9.17) is 4.74 Å². The molecule has 2 amide bonds. The van der Waals surface area contributed by atoms with E-state index in [1.54, 1.807) is 7.11 Å². The van der Waals surface area contributed by atoms with Crippen LogP contribution in [-0.2, 0) is 9.59 Å².